The average molecular weight is 266 g/mol. The lowest BCUT2D eigenvalue weighted by atomic mass is 10.0. The molecule has 3 nitrogen and oxygen atoms in total. The van der Waals surface area contributed by atoms with E-state index in [0.29, 0.717) is 6.61 Å². The number of ether oxygens (including phenoxy) is 2. The fraction of sp³-hybridized carbons (Fsp3) is 0.625. The van der Waals surface area contributed by atoms with Crippen LogP contribution in [0.25, 0.3) is 0 Å². The lowest BCUT2D eigenvalue weighted by molar-refractivity contribution is -0.0666. The molecule has 1 aromatic rings. The minimum Gasteiger partial charge on any atom is -0.386 e. The maximum atomic E-state index is 10.3. The first-order chi connectivity index (χ1) is 9.00. The van der Waals surface area contributed by atoms with Crippen LogP contribution < -0.4 is 0 Å². The Hall–Kier alpha value is -0.900. The van der Waals surface area contributed by atoms with Gasteiger partial charge in [0.15, 0.2) is 0 Å². The van der Waals surface area contributed by atoms with E-state index in [1.165, 1.54) is 0 Å². The molecule has 0 amide bonds. The zero-order valence-electron chi connectivity index (χ0n) is 12.4. The van der Waals surface area contributed by atoms with E-state index in [4.69, 9.17) is 9.47 Å². The molecule has 3 heteroatoms. The van der Waals surface area contributed by atoms with Crippen LogP contribution in [0.15, 0.2) is 30.3 Å². The van der Waals surface area contributed by atoms with Gasteiger partial charge in [-0.25, -0.2) is 0 Å². The maximum Gasteiger partial charge on any atom is 0.105 e. The molecule has 2 atom stereocenters. The summed E-state index contributed by atoms with van der Waals surface area (Å²) >= 11 is 0. The molecule has 0 aromatic heterocycles. The molecular formula is C16H26O3. The second-order valence-corrected chi connectivity index (χ2v) is 5.39. The molecule has 1 rings (SSSR count). The third kappa shape index (κ3) is 5.31. The molecule has 0 saturated heterocycles. The van der Waals surface area contributed by atoms with Crippen molar-refractivity contribution in [2.75, 3.05) is 13.7 Å². The van der Waals surface area contributed by atoms with Crippen molar-refractivity contribution in [3.05, 3.63) is 35.9 Å². The van der Waals surface area contributed by atoms with Gasteiger partial charge in [-0.05, 0) is 32.3 Å². The van der Waals surface area contributed by atoms with Crippen LogP contribution >= 0.6 is 0 Å². The van der Waals surface area contributed by atoms with Crippen molar-refractivity contribution >= 4 is 0 Å². The molecule has 1 aromatic carbocycles. The number of aliphatic hydroxyl groups excluding tert-OH is 1. The van der Waals surface area contributed by atoms with Crippen LogP contribution in [-0.2, 0) is 9.47 Å². The van der Waals surface area contributed by atoms with E-state index in [1.54, 1.807) is 7.11 Å². The Morgan fingerprint density at radius 1 is 1.21 bits per heavy atom. The molecule has 0 heterocycles. The fourth-order valence-corrected chi connectivity index (χ4v) is 1.86. The predicted molar refractivity (Wildman–Crippen MR) is 77.1 cm³/mol. The molecular weight excluding hydrogens is 240 g/mol. The molecule has 19 heavy (non-hydrogen) atoms. The average Bonchev–Trinajstić information content (AvgIpc) is 2.44. The maximum absolute atomic E-state index is 10.3. The highest BCUT2D eigenvalue weighted by Crippen LogP contribution is 2.22. The van der Waals surface area contributed by atoms with Crippen molar-refractivity contribution in [3.63, 3.8) is 0 Å². The number of hydrogen-bond acceptors (Lipinski definition) is 3. The smallest absolute Gasteiger partial charge is 0.105 e. The van der Waals surface area contributed by atoms with Gasteiger partial charge in [-0.2, -0.15) is 0 Å². The van der Waals surface area contributed by atoms with Gasteiger partial charge in [0, 0.05) is 13.7 Å². The molecule has 0 radical (unpaired) electrons. The number of aliphatic hydroxyl groups is 1. The molecule has 0 saturated carbocycles. The zero-order valence-corrected chi connectivity index (χ0v) is 12.4. The van der Waals surface area contributed by atoms with Crippen molar-refractivity contribution < 1.29 is 14.6 Å². The second kappa shape index (κ2) is 7.63. The van der Waals surface area contributed by atoms with E-state index in [9.17, 15) is 5.11 Å². The van der Waals surface area contributed by atoms with Crippen molar-refractivity contribution in [2.24, 2.45) is 0 Å². The monoisotopic (exact) mass is 266 g/mol. The van der Waals surface area contributed by atoms with Crippen LogP contribution in [0.3, 0.4) is 0 Å². The Balaban J connectivity index is 2.50. The van der Waals surface area contributed by atoms with E-state index < -0.39 is 6.10 Å². The predicted octanol–water partition coefficient (Wildman–Crippen LogP) is 3.33. The van der Waals surface area contributed by atoms with Crippen molar-refractivity contribution in [1.29, 1.82) is 0 Å². The summed E-state index contributed by atoms with van der Waals surface area (Å²) in [6, 6.07) is 9.66. The first-order valence-corrected chi connectivity index (χ1v) is 6.90. The highest BCUT2D eigenvalue weighted by Gasteiger charge is 2.22. The van der Waals surface area contributed by atoms with Crippen molar-refractivity contribution in [2.45, 2.75) is 51.4 Å². The zero-order chi connectivity index (χ0) is 14.3. The van der Waals surface area contributed by atoms with Gasteiger partial charge in [0.25, 0.3) is 0 Å². The topological polar surface area (TPSA) is 38.7 Å². The Morgan fingerprint density at radius 3 is 2.37 bits per heavy atom. The Kier molecular flexibility index (Phi) is 6.49. The van der Waals surface area contributed by atoms with Gasteiger partial charge in [-0.15, -0.1) is 0 Å². The van der Waals surface area contributed by atoms with Gasteiger partial charge in [0.1, 0.15) is 6.10 Å². The number of hydrogen-bond donors (Lipinski definition) is 1. The SMILES string of the molecule is CCC(OCCC(C)(C)OC)C(O)c1ccccc1. The van der Waals surface area contributed by atoms with Crippen molar-refractivity contribution in [3.8, 4) is 0 Å². The first kappa shape index (κ1) is 16.2. The molecule has 0 bridgehead atoms. The molecule has 0 aliphatic heterocycles. The quantitative estimate of drug-likeness (QED) is 0.784. The van der Waals surface area contributed by atoms with Gasteiger partial charge in [0.2, 0.25) is 0 Å². The lowest BCUT2D eigenvalue weighted by Gasteiger charge is -2.26. The van der Waals surface area contributed by atoms with E-state index >= 15 is 0 Å². The minimum atomic E-state index is -0.572. The Morgan fingerprint density at radius 2 is 1.84 bits per heavy atom. The van der Waals surface area contributed by atoms with Crippen LogP contribution in [-0.4, -0.2) is 30.5 Å². The molecule has 0 fully saturated rings. The minimum absolute atomic E-state index is 0.171. The molecule has 0 aliphatic carbocycles. The molecule has 0 aliphatic rings. The fourth-order valence-electron chi connectivity index (χ4n) is 1.86. The summed E-state index contributed by atoms with van der Waals surface area (Å²) in [5, 5.41) is 10.3. The summed E-state index contributed by atoms with van der Waals surface area (Å²) in [7, 11) is 1.70. The summed E-state index contributed by atoms with van der Waals surface area (Å²) in [5.74, 6) is 0. The number of benzene rings is 1. The van der Waals surface area contributed by atoms with Gasteiger partial charge in [-0.1, -0.05) is 37.3 Å². The van der Waals surface area contributed by atoms with Gasteiger partial charge in [-0.3, -0.25) is 0 Å². The first-order valence-electron chi connectivity index (χ1n) is 6.90. The molecule has 2 unspecified atom stereocenters. The van der Waals surface area contributed by atoms with E-state index in [1.807, 2.05) is 51.1 Å². The van der Waals surface area contributed by atoms with E-state index in [2.05, 4.69) is 0 Å². The van der Waals surface area contributed by atoms with Crippen LogP contribution in [0, 0.1) is 0 Å². The third-order valence-electron chi connectivity index (χ3n) is 3.48. The summed E-state index contributed by atoms with van der Waals surface area (Å²) in [5.41, 5.74) is 0.719. The Bertz CT molecular complexity index is 348. The van der Waals surface area contributed by atoms with Crippen LogP contribution in [0.1, 0.15) is 45.3 Å². The van der Waals surface area contributed by atoms with E-state index in [-0.39, 0.29) is 11.7 Å². The number of methoxy groups -OCH3 is 1. The largest absolute Gasteiger partial charge is 0.386 e. The second-order valence-electron chi connectivity index (χ2n) is 5.39. The highest BCUT2D eigenvalue weighted by molar-refractivity contribution is 5.18. The molecule has 1 N–H and O–H groups in total. The van der Waals surface area contributed by atoms with Gasteiger partial charge in [0.05, 0.1) is 11.7 Å². The molecule has 0 spiro atoms. The summed E-state index contributed by atoms with van der Waals surface area (Å²) in [6.07, 6.45) is 0.845. The summed E-state index contributed by atoms with van der Waals surface area (Å²) in [4.78, 5) is 0. The highest BCUT2D eigenvalue weighted by atomic mass is 16.5. The van der Waals surface area contributed by atoms with Gasteiger partial charge >= 0.3 is 0 Å². The standard InChI is InChI=1S/C16H26O3/c1-5-14(19-12-11-16(2,3)18-4)15(17)13-9-7-6-8-10-13/h6-10,14-15,17H,5,11-12H2,1-4H3. The van der Waals surface area contributed by atoms with E-state index in [0.717, 1.165) is 18.4 Å². The van der Waals surface area contributed by atoms with Gasteiger partial charge < -0.3 is 14.6 Å². The normalized spacial score (nSPS) is 15.2. The van der Waals surface area contributed by atoms with Crippen LogP contribution in [0.5, 0.6) is 0 Å². The van der Waals surface area contributed by atoms with Crippen LogP contribution in [0.2, 0.25) is 0 Å². The lowest BCUT2D eigenvalue weighted by Crippen LogP contribution is -2.28. The summed E-state index contributed by atoms with van der Waals surface area (Å²) < 4.78 is 11.2. The molecule has 108 valence electrons. The summed E-state index contributed by atoms with van der Waals surface area (Å²) in [6.45, 7) is 6.68. The number of rotatable bonds is 8. The van der Waals surface area contributed by atoms with Crippen molar-refractivity contribution in [1.82, 2.24) is 0 Å². The Labute approximate surface area is 116 Å². The third-order valence-corrected chi connectivity index (χ3v) is 3.48. The van der Waals surface area contributed by atoms with Crippen LogP contribution in [0.4, 0.5) is 0 Å².